The molecule has 0 radical (unpaired) electrons. The molecule has 0 spiro atoms. The number of hydrogen-bond donors (Lipinski definition) is 1. The van der Waals surface area contributed by atoms with Gasteiger partial charge >= 0.3 is 11.9 Å². The highest BCUT2D eigenvalue weighted by molar-refractivity contribution is 5.81. The third-order valence-electron chi connectivity index (χ3n) is 3.85. The molecule has 0 bridgehead atoms. The van der Waals surface area contributed by atoms with Crippen LogP contribution >= 0.6 is 0 Å². The van der Waals surface area contributed by atoms with Crippen molar-refractivity contribution in [3.63, 3.8) is 0 Å². The van der Waals surface area contributed by atoms with E-state index >= 15 is 0 Å². The van der Waals surface area contributed by atoms with Crippen LogP contribution in [0.4, 0.5) is 4.39 Å². The van der Waals surface area contributed by atoms with Crippen molar-refractivity contribution < 1.29 is 28.7 Å². The number of rotatable bonds is 6. The minimum Gasteiger partial charge on any atom is -0.481 e. The summed E-state index contributed by atoms with van der Waals surface area (Å²) in [6.07, 6.45) is 4.96. The number of carbonyl (C=O) groups excluding carboxylic acids is 1. The smallest absolute Gasteiger partial charge is 0.310 e. The van der Waals surface area contributed by atoms with Crippen LogP contribution in [0.5, 0.6) is 0 Å². The first-order chi connectivity index (χ1) is 11.9. The van der Waals surface area contributed by atoms with E-state index in [2.05, 4.69) is 0 Å². The molecule has 1 aliphatic rings. The fourth-order valence-corrected chi connectivity index (χ4v) is 2.50. The van der Waals surface area contributed by atoms with Gasteiger partial charge in [0.2, 0.25) is 0 Å². The number of carboxylic acids is 1. The number of benzene rings is 1. The number of allylic oxidation sites excluding steroid dienone is 2. The fourth-order valence-electron chi connectivity index (χ4n) is 2.50. The second-order valence-electron chi connectivity index (χ2n) is 5.55. The number of aliphatic carboxylic acids is 1. The summed E-state index contributed by atoms with van der Waals surface area (Å²) in [4.78, 5) is 33.7. The molecule has 1 aromatic rings. The third kappa shape index (κ3) is 4.97. The van der Waals surface area contributed by atoms with Gasteiger partial charge in [-0.15, -0.1) is 0 Å². The zero-order valence-electron chi connectivity index (χ0n) is 13.1. The van der Waals surface area contributed by atoms with Gasteiger partial charge in [-0.25, -0.2) is 4.39 Å². The molecular formula is C17H16FNO6. The predicted octanol–water partition coefficient (Wildman–Crippen LogP) is 2.65. The monoisotopic (exact) mass is 349 g/mol. The number of nitrogens with zero attached hydrogens (tertiary/aromatic N) is 1. The first-order valence-corrected chi connectivity index (χ1v) is 7.53. The maximum Gasteiger partial charge on any atom is 0.310 e. The van der Waals surface area contributed by atoms with E-state index in [1.807, 2.05) is 0 Å². The van der Waals surface area contributed by atoms with Crippen LogP contribution in [0.15, 0.2) is 42.1 Å². The summed E-state index contributed by atoms with van der Waals surface area (Å²) < 4.78 is 17.8. The van der Waals surface area contributed by atoms with Crippen LogP contribution in [-0.4, -0.2) is 28.6 Å². The van der Waals surface area contributed by atoms with Crippen molar-refractivity contribution in [1.82, 2.24) is 0 Å². The summed E-state index contributed by atoms with van der Waals surface area (Å²) in [6, 6.07) is 5.02. The molecule has 1 aliphatic carbocycles. The predicted molar refractivity (Wildman–Crippen MR) is 85.3 cm³/mol. The second kappa shape index (κ2) is 8.18. The van der Waals surface area contributed by atoms with Gasteiger partial charge in [-0.2, -0.15) is 0 Å². The first kappa shape index (κ1) is 18.3. The Morgan fingerprint density at radius 3 is 2.40 bits per heavy atom. The first-order valence-electron chi connectivity index (χ1n) is 7.53. The fraction of sp³-hybridized carbons (Fsp3) is 0.294. The zero-order chi connectivity index (χ0) is 18.4. The number of hydrogen-bond acceptors (Lipinski definition) is 5. The molecule has 1 N–H and O–H groups in total. The number of carbonyl (C=O) groups is 2. The molecular weight excluding hydrogens is 333 g/mol. The van der Waals surface area contributed by atoms with Gasteiger partial charge in [0.1, 0.15) is 5.82 Å². The molecule has 0 unspecified atom stereocenters. The van der Waals surface area contributed by atoms with Gasteiger partial charge in [0.25, 0.3) is 5.70 Å². The molecule has 25 heavy (non-hydrogen) atoms. The lowest BCUT2D eigenvalue weighted by Crippen LogP contribution is -2.32. The Bertz CT molecular complexity index is 725. The molecule has 0 aromatic heterocycles. The maximum atomic E-state index is 12.9. The Hall–Kier alpha value is -3.03. The summed E-state index contributed by atoms with van der Waals surface area (Å²) >= 11 is 0. The van der Waals surface area contributed by atoms with Crippen molar-refractivity contribution in [3.05, 3.63) is 63.6 Å². The van der Waals surface area contributed by atoms with E-state index in [0.29, 0.717) is 5.56 Å². The molecule has 0 aliphatic heterocycles. The average molecular weight is 349 g/mol. The number of halogens is 1. The maximum absolute atomic E-state index is 12.9. The van der Waals surface area contributed by atoms with E-state index in [4.69, 9.17) is 9.84 Å². The van der Waals surface area contributed by atoms with Gasteiger partial charge in [-0.05, 0) is 30.5 Å². The SMILES string of the molecule is O=C(OC/C(=C\c1ccc(F)cc1)[N+](=O)[O-])[C@H]1CC=CC[C@H]1C(=O)O. The largest absolute Gasteiger partial charge is 0.481 e. The van der Waals surface area contributed by atoms with Crippen LogP contribution in [0.25, 0.3) is 6.08 Å². The second-order valence-corrected chi connectivity index (χ2v) is 5.55. The average Bonchev–Trinajstić information content (AvgIpc) is 2.59. The summed E-state index contributed by atoms with van der Waals surface area (Å²) in [5.41, 5.74) is -0.00801. The Balaban J connectivity index is 2.06. The molecule has 2 atom stereocenters. The van der Waals surface area contributed by atoms with Crippen LogP contribution in [0.2, 0.25) is 0 Å². The number of carboxylic acid groups (broad SMARTS) is 1. The Labute approximate surface area is 142 Å². The molecule has 0 saturated carbocycles. The van der Waals surface area contributed by atoms with Crippen LogP contribution in [0.1, 0.15) is 18.4 Å². The van der Waals surface area contributed by atoms with Crippen molar-refractivity contribution in [2.24, 2.45) is 11.8 Å². The molecule has 0 fully saturated rings. The van der Waals surface area contributed by atoms with Crippen LogP contribution < -0.4 is 0 Å². The number of esters is 1. The Morgan fingerprint density at radius 1 is 1.24 bits per heavy atom. The van der Waals surface area contributed by atoms with Gasteiger partial charge in [0, 0.05) is 6.08 Å². The van der Waals surface area contributed by atoms with Crippen LogP contribution in [0.3, 0.4) is 0 Å². The van der Waals surface area contributed by atoms with Gasteiger partial charge in [-0.1, -0.05) is 24.3 Å². The molecule has 0 heterocycles. The highest BCUT2D eigenvalue weighted by atomic mass is 19.1. The lowest BCUT2D eigenvalue weighted by Gasteiger charge is -2.23. The zero-order valence-corrected chi connectivity index (χ0v) is 13.1. The van der Waals surface area contributed by atoms with E-state index in [1.54, 1.807) is 12.2 Å². The van der Waals surface area contributed by atoms with Crippen molar-refractivity contribution in [1.29, 1.82) is 0 Å². The molecule has 132 valence electrons. The summed E-state index contributed by atoms with van der Waals surface area (Å²) in [6.45, 7) is -0.601. The molecule has 0 amide bonds. The lowest BCUT2D eigenvalue weighted by atomic mass is 9.83. The Kier molecular flexibility index (Phi) is 5.99. The minimum absolute atomic E-state index is 0.211. The van der Waals surface area contributed by atoms with E-state index in [9.17, 15) is 24.1 Å². The molecule has 7 nitrogen and oxygen atoms in total. The van der Waals surface area contributed by atoms with Crippen molar-refractivity contribution in [2.45, 2.75) is 12.8 Å². The quantitative estimate of drug-likeness (QED) is 0.366. The Morgan fingerprint density at radius 2 is 1.84 bits per heavy atom. The van der Waals surface area contributed by atoms with Gasteiger partial charge < -0.3 is 9.84 Å². The topological polar surface area (TPSA) is 107 Å². The highest BCUT2D eigenvalue weighted by Gasteiger charge is 2.35. The number of nitro groups is 1. The highest BCUT2D eigenvalue weighted by Crippen LogP contribution is 2.27. The summed E-state index contributed by atoms with van der Waals surface area (Å²) in [5.74, 6) is -4.15. The number of ether oxygens (including phenoxy) is 1. The standard InChI is InChI=1S/C17H16FNO6/c18-12-7-5-11(6-8-12)9-13(19(23)24)10-25-17(22)15-4-2-1-3-14(15)16(20)21/h1-2,5-9,14-15H,3-4,10H2,(H,20,21)/b13-9+/t14-,15+/m1/s1. The van der Waals surface area contributed by atoms with E-state index in [-0.39, 0.29) is 12.8 Å². The minimum atomic E-state index is -1.11. The molecule has 2 rings (SSSR count). The summed E-state index contributed by atoms with van der Waals surface area (Å²) in [5, 5.41) is 20.2. The summed E-state index contributed by atoms with van der Waals surface area (Å²) in [7, 11) is 0. The van der Waals surface area contributed by atoms with Crippen molar-refractivity contribution in [3.8, 4) is 0 Å². The van der Waals surface area contributed by atoms with Gasteiger partial charge in [0.05, 0.1) is 16.8 Å². The van der Waals surface area contributed by atoms with Crippen molar-refractivity contribution in [2.75, 3.05) is 6.61 Å². The van der Waals surface area contributed by atoms with Crippen LogP contribution in [0, 0.1) is 27.8 Å². The third-order valence-corrected chi connectivity index (χ3v) is 3.85. The van der Waals surface area contributed by atoms with Crippen LogP contribution in [-0.2, 0) is 14.3 Å². The van der Waals surface area contributed by atoms with Gasteiger partial charge in [0.15, 0.2) is 6.61 Å². The van der Waals surface area contributed by atoms with E-state index in [0.717, 1.165) is 12.1 Å². The van der Waals surface area contributed by atoms with Gasteiger partial charge in [-0.3, -0.25) is 19.7 Å². The molecule has 8 heteroatoms. The van der Waals surface area contributed by atoms with E-state index < -0.39 is 46.8 Å². The lowest BCUT2D eigenvalue weighted by molar-refractivity contribution is -0.428. The van der Waals surface area contributed by atoms with Crippen molar-refractivity contribution >= 4 is 18.0 Å². The normalized spacial score (nSPS) is 20.1. The molecule has 0 saturated heterocycles. The molecule has 1 aromatic carbocycles. The van der Waals surface area contributed by atoms with E-state index in [1.165, 1.54) is 18.2 Å².